The van der Waals surface area contributed by atoms with Crippen LogP contribution in [0, 0.1) is 6.92 Å². The van der Waals surface area contributed by atoms with Crippen molar-refractivity contribution >= 4 is 28.8 Å². The molecule has 0 amide bonds. The molecule has 146 valence electrons. The highest BCUT2D eigenvalue weighted by atomic mass is 32.2. The second-order valence-electron chi connectivity index (χ2n) is 6.65. The molecule has 4 heteroatoms. The predicted molar refractivity (Wildman–Crippen MR) is 123 cm³/mol. The molecular formula is C22H36N2S2. The summed E-state index contributed by atoms with van der Waals surface area (Å²) in [6.45, 7) is 18.4. The van der Waals surface area contributed by atoms with E-state index in [2.05, 4.69) is 37.5 Å². The van der Waals surface area contributed by atoms with Gasteiger partial charge in [-0.1, -0.05) is 51.3 Å². The molecule has 0 saturated heterocycles. The van der Waals surface area contributed by atoms with Gasteiger partial charge in [0.25, 0.3) is 0 Å². The molecule has 1 aromatic heterocycles. The van der Waals surface area contributed by atoms with Crippen molar-refractivity contribution in [3.8, 4) is 0 Å². The summed E-state index contributed by atoms with van der Waals surface area (Å²) in [5.41, 5.74) is 7.89. The Bertz CT molecular complexity index is 620. The number of nitrogens with two attached hydrogens (primary N) is 1. The number of aryl methyl sites for hydroxylation is 1. The lowest BCUT2D eigenvalue weighted by Crippen LogP contribution is -2.27. The molecule has 2 aliphatic rings. The van der Waals surface area contributed by atoms with E-state index in [0.717, 1.165) is 21.5 Å². The van der Waals surface area contributed by atoms with Crippen molar-refractivity contribution in [3.63, 3.8) is 0 Å². The highest BCUT2D eigenvalue weighted by Gasteiger charge is 2.26. The molecular weight excluding hydrogens is 356 g/mol. The summed E-state index contributed by atoms with van der Waals surface area (Å²) in [5.74, 6) is 0.809. The lowest BCUT2D eigenvalue weighted by molar-refractivity contribution is 0.418. The summed E-state index contributed by atoms with van der Waals surface area (Å²) in [6.07, 6.45) is 8.65. The molecule has 3 rings (SSSR count). The zero-order valence-corrected chi connectivity index (χ0v) is 18.8. The van der Waals surface area contributed by atoms with Crippen LogP contribution in [-0.2, 0) is 0 Å². The van der Waals surface area contributed by atoms with E-state index in [0.29, 0.717) is 6.04 Å². The van der Waals surface area contributed by atoms with Crippen molar-refractivity contribution in [2.75, 3.05) is 0 Å². The fourth-order valence-electron chi connectivity index (χ4n) is 2.44. The topological polar surface area (TPSA) is 38.0 Å². The number of rotatable bonds is 6. The van der Waals surface area contributed by atoms with Gasteiger partial charge in [-0.3, -0.25) is 0 Å². The van der Waals surface area contributed by atoms with Crippen molar-refractivity contribution in [2.24, 2.45) is 5.73 Å². The molecule has 3 N–H and O–H groups in total. The van der Waals surface area contributed by atoms with E-state index in [1.807, 2.05) is 39.0 Å². The van der Waals surface area contributed by atoms with Crippen molar-refractivity contribution in [3.05, 3.63) is 50.6 Å². The lowest BCUT2D eigenvalue weighted by atomic mass is 9.95. The second-order valence-corrected chi connectivity index (χ2v) is 9.25. The average molecular weight is 393 g/mol. The summed E-state index contributed by atoms with van der Waals surface area (Å²) in [5, 5.41) is 4.49. The number of allylic oxidation sites excluding steroid dienone is 2. The molecule has 0 bridgehead atoms. The van der Waals surface area contributed by atoms with Gasteiger partial charge in [-0.15, -0.1) is 11.3 Å². The van der Waals surface area contributed by atoms with Gasteiger partial charge in [0.15, 0.2) is 0 Å². The molecule has 2 saturated carbocycles. The van der Waals surface area contributed by atoms with Gasteiger partial charge < -0.3 is 11.1 Å². The third kappa shape index (κ3) is 7.73. The Hall–Kier alpha value is -0.970. The van der Waals surface area contributed by atoms with E-state index >= 15 is 0 Å². The van der Waals surface area contributed by atoms with Crippen LogP contribution < -0.4 is 11.1 Å². The molecule has 2 aliphatic carbocycles. The third-order valence-corrected chi connectivity index (χ3v) is 6.27. The van der Waals surface area contributed by atoms with Gasteiger partial charge in [-0.2, -0.15) is 0 Å². The van der Waals surface area contributed by atoms with E-state index in [1.54, 1.807) is 11.8 Å². The molecule has 0 spiro atoms. The largest absolute Gasteiger partial charge is 0.350 e. The Morgan fingerprint density at radius 1 is 1.27 bits per heavy atom. The Balaban J connectivity index is 0.000000408. The zero-order chi connectivity index (χ0) is 19.7. The SMILES string of the molecule is C=C(C)S/C(=C\C)NC(=C)c1cc(C2CC2)c(C)s1.CC.NC1CCC1. The first-order valence-corrected chi connectivity index (χ1v) is 11.4. The van der Waals surface area contributed by atoms with E-state index < -0.39 is 0 Å². The Kier molecular flexibility index (Phi) is 10.4. The van der Waals surface area contributed by atoms with Crippen molar-refractivity contribution in [1.82, 2.24) is 5.32 Å². The van der Waals surface area contributed by atoms with Gasteiger partial charge in [0.1, 0.15) is 0 Å². The van der Waals surface area contributed by atoms with Crippen LogP contribution in [0.1, 0.15) is 81.0 Å². The fourth-order valence-corrected chi connectivity index (χ4v) is 4.14. The fraction of sp³-hybridized carbons (Fsp3) is 0.545. The van der Waals surface area contributed by atoms with Crippen LogP contribution in [-0.4, -0.2) is 6.04 Å². The van der Waals surface area contributed by atoms with Gasteiger partial charge in [0.2, 0.25) is 0 Å². The number of thiophene rings is 1. The number of hydrogen-bond acceptors (Lipinski definition) is 4. The van der Waals surface area contributed by atoms with Crippen LogP contribution in [0.25, 0.3) is 5.70 Å². The van der Waals surface area contributed by atoms with Crippen molar-refractivity contribution in [1.29, 1.82) is 0 Å². The minimum absolute atomic E-state index is 0.565. The van der Waals surface area contributed by atoms with Crippen molar-refractivity contribution in [2.45, 2.75) is 78.7 Å². The maximum atomic E-state index is 5.38. The molecule has 1 aromatic rings. The van der Waals surface area contributed by atoms with E-state index in [4.69, 9.17) is 5.73 Å². The molecule has 26 heavy (non-hydrogen) atoms. The lowest BCUT2D eigenvalue weighted by Gasteiger charge is -2.18. The smallest absolute Gasteiger partial charge is 0.0727 e. The monoisotopic (exact) mass is 392 g/mol. The molecule has 0 atom stereocenters. The zero-order valence-electron chi connectivity index (χ0n) is 17.2. The number of hydrogen-bond donors (Lipinski definition) is 2. The normalized spacial score (nSPS) is 16.5. The third-order valence-electron chi connectivity index (χ3n) is 4.24. The van der Waals surface area contributed by atoms with E-state index in [9.17, 15) is 0 Å². The van der Waals surface area contributed by atoms with Gasteiger partial charge >= 0.3 is 0 Å². The predicted octanol–water partition coefficient (Wildman–Crippen LogP) is 7.15. The maximum absolute atomic E-state index is 5.38. The van der Waals surface area contributed by atoms with Crippen LogP contribution in [0.5, 0.6) is 0 Å². The second kappa shape index (κ2) is 11.7. The highest BCUT2D eigenvalue weighted by molar-refractivity contribution is 8.06. The summed E-state index contributed by atoms with van der Waals surface area (Å²) in [4.78, 5) is 3.77. The molecule has 0 radical (unpaired) electrons. The van der Waals surface area contributed by atoms with Crippen LogP contribution >= 0.6 is 23.1 Å². The van der Waals surface area contributed by atoms with Crippen LogP contribution in [0.15, 0.2) is 35.2 Å². The quantitative estimate of drug-likeness (QED) is 0.540. The molecule has 2 nitrogen and oxygen atoms in total. The van der Waals surface area contributed by atoms with Crippen LogP contribution in [0.2, 0.25) is 0 Å². The summed E-state index contributed by atoms with van der Waals surface area (Å²) < 4.78 is 0. The van der Waals surface area contributed by atoms with Gasteiger partial charge in [-0.05, 0) is 68.9 Å². The Morgan fingerprint density at radius 2 is 1.85 bits per heavy atom. The minimum Gasteiger partial charge on any atom is -0.350 e. The van der Waals surface area contributed by atoms with E-state index in [1.165, 1.54) is 47.4 Å². The highest BCUT2D eigenvalue weighted by Crippen LogP contribution is 2.44. The van der Waals surface area contributed by atoms with Gasteiger partial charge in [0.05, 0.1) is 9.91 Å². The number of nitrogens with one attached hydrogen (secondary N) is 1. The van der Waals surface area contributed by atoms with E-state index in [-0.39, 0.29) is 0 Å². The first-order chi connectivity index (χ1) is 12.4. The summed E-state index contributed by atoms with van der Waals surface area (Å²) in [7, 11) is 0. The van der Waals surface area contributed by atoms with Gasteiger partial charge in [0, 0.05) is 16.6 Å². The summed E-state index contributed by atoms with van der Waals surface area (Å²) >= 11 is 3.49. The Labute approximate surface area is 169 Å². The average Bonchev–Trinajstić information content (AvgIpc) is 3.36. The summed E-state index contributed by atoms with van der Waals surface area (Å²) in [6, 6.07) is 2.88. The Morgan fingerprint density at radius 3 is 2.23 bits per heavy atom. The maximum Gasteiger partial charge on any atom is 0.0727 e. The molecule has 0 aliphatic heterocycles. The van der Waals surface area contributed by atoms with Crippen molar-refractivity contribution < 1.29 is 0 Å². The van der Waals surface area contributed by atoms with Gasteiger partial charge in [-0.25, -0.2) is 0 Å². The molecule has 2 fully saturated rings. The molecule has 0 unspecified atom stereocenters. The van der Waals surface area contributed by atoms with Crippen LogP contribution in [0.4, 0.5) is 0 Å². The first-order valence-electron chi connectivity index (χ1n) is 9.72. The molecule has 0 aromatic carbocycles. The molecule has 1 heterocycles. The van der Waals surface area contributed by atoms with Crippen LogP contribution in [0.3, 0.4) is 0 Å². The standard InChI is InChI=1S/C16H21NS2.C4H9N.C2H6/c1-6-16(18-10(2)3)17-11(4)15-9-14(12(5)19-15)13-7-8-13;5-4-2-1-3-4;1-2/h6,9,13,17H,2,4,7-8H2,1,3,5H3;4H,1-3,5H2;1-2H3/b16-6-;;. The first kappa shape index (κ1) is 23.1. The minimum atomic E-state index is 0.565. The number of thioether (sulfide) groups is 1.